The molecule has 2 heteroatoms. The van der Waals surface area contributed by atoms with E-state index in [0.717, 1.165) is 12.8 Å². The lowest BCUT2D eigenvalue weighted by molar-refractivity contribution is 0.997. The lowest BCUT2D eigenvalue weighted by Gasteiger charge is -2.28. The summed E-state index contributed by atoms with van der Waals surface area (Å²) in [5.74, 6) is 0. The lowest BCUT2D eigenvalue weighted by atomic mass is 9.94. The van der Waals surface area contributed by atoms with E-state index in [1.54, 1.807) is 0 Å². The quantitative estimate of drug-likeness (QED) is 0.421. The minimum atomic E-state index is 1.11. The fourth-order valence-electron chi connectivity index (χ4n) is 4.41. The normalized spacial score (nSPS) is 16.0. The molecule has 2 aliphatic rings. The SMILES string of the molecule is C1=CC(N2C=Cc3c4c2cccc4cc2[nH]c4ccccc4c32)=CCC1. The Kier molecular flexibility index (Phi) is 2.75. The van der Waals surface area contributed by atoms with E-state index in [2.05, 4.69) is 88.9 Å². The van der Waals surface area contributed by atoms with Gasteiger partial charge in [-0.05, 0) is 54.1 Å². The summed E-state index contributed by atoms with van der Waals surface area (Å²) in [6, 6.07) is 17.5. The van der Waals surface area contributed by atoms with E-state index in [0.29, 0.717) is 0 Å². The molecule has 6 rings (SSSR count). The Hall–Kier alpha value is -3.26. The molecule has 1 aliphatic carbocycles. The number of fused-ring (bicyclic) bond motifs is 4. The number of allylic oxidation sites excluding steroid dienone is 3. The second-order valence-corrected chi connectivity index (χ2v) is 7.05. The Bertz CT molecular complexity index is 1280. The van der Waals surface area contributed by atoms with Crippen molar-refractivity contribution in [3.63, 3.8) is 0 Å². The van der Waals surface area contributed by atoms with Crippen molar-refractivity contribution in [2.24, 2.45) is 0 Å². The third-order valence-electron chi connectivity index (χ3n) is 5.55. The zero-order valence-corrected chi connectivity index (χ0v) is 14.4. The van der Waals surface area contributed by atoms with Gasteiger partial charge in [0.2, 0.25) is 0 Å². The fraction of sp³-hybridized carbons (Fsp3) is 0.0833. The second kappa shape index (κ2) is 5.12. The van der Waals surface area contributed by atoms with Gasteiger partial charge in [-0.3, -0.25) is 0 Å². The van der Waals surface area contributed by atoms with Crippen molar-refractivity contribution in [3.8, 4) is 0 Å². The van der Waals surface area contributed by atoms with Crippen molar-refractivity contribution in [3.05, 3.63) is 84.2 Å². The van der Waals surface area contributed by atoms with Gasteiger partial charge in [0, 0.05) is 39.1 Å². The molecule has 0 spiro atoms. The van der Waals surface area contributed by atoms with Gasteiger partial charge >= 0.3 is 0 Å². The largest absolute Gasteiger partial charge is 0.354 e. The molecular weight excluding hydrogens is 316 g/mol. The van der Waals surface area contributed by atoms with Crippen molar-refractivity contribution >= 4 is 44.3 Å². The van der Waals surface area contributed by atoms with Gasteiger partial charge < -0.3 is 9.88 Å². The molecule has 124 valence electrons. The number of rotatable bonds is 1. The van der Waals surface area contributed by atoms with Crippen LogP contribution in [0.2, 0.25) is 0 Å². The van der Waals surface area contributed by atoms with E-state index in [9.17, 15) is 0 Å². The number of para-hydroxylation sites is 1. The molecule has 26 heavy (non-hydrogen) atoms. The van der Waals surface area contributed by atoms with Crippen LogP contribution in [0.3, 0.4) is 0 Å². The number of nitrogens with one attached hydrogen (secondary N) is 1. The Morgan fingerprint density at radius 3 is 2.73 bits per heavy atom. The molecule has 0 unspecified atom stereocenters. The monoisotopic (exact) mass is 334 g/mol. The van der Waals surface area contributed by atoms with E-state index in [1.807, 2.05) is 0 Å². The highest BCUT2D eigenvalue weighted by atomic mass is 15.1. The predicted octanol–water partition coefficient (Wildman–Crippen LogP) is 6.50. The van der Waals surface area contributed by atoms with Crippen LogP contribution in [0.15, 0.2) is 78.7 Å². The minimum Gasteiger partial charge on any atom is -0.354 e. The van der Waals surface area contributed by atoms with Crippen LogP contribution in [0.5, 0.6) is 0 Å². The first-order chi connectivity index (χ1) is 12.9. The molecule has 2 heterocycles. The van der Waals surface area contributed by atoms with Gasteiger partial charge in [0.25, 0.3) is 0 Å². The van der Waals surface area contributed by atoms with Gasteiger partial charge in [0.15, 0.2) is 0 Å². The molecule has 0 amide bonds. The number of hydrogen-bond acceptors (Lipinski definition) is 1. The molecule has 3 aromatic carbocycles. The van der Waals surface area contributed by atoms with E-state index in [-0.39, 0.29) is 0 Å². The van der Waals surface area contributed by atoms with Crippen LogP contribution in [-0.2, 0) is 0 Å². The summed E-state index contributed by atoms with van der Waals surface area (Å²) in [7, 11) is 0. The van der Waals surface area contributed by atoms with Crippen LogP contribution in [0, 0.1) is 0 Å². The summed E-state index contributed by atoms with van der Waals surface area (Å²) >= 11 is 0. The number of nitrogens with zero attached hydrogens (tertiary/aromatic N) is 1. The molecule has 0 atom stereocenters. The summed E-state index contributed by atoms with van der Waals surface area (Å²) in [5.41, 5.74) is 6.27. The highest BCUT2D eigenvalue weighted by Gasteiger charge is 2.21. The highest BCUT2D eigenvalue weighted by molar-refractivity contribution is 6.20. The zero-order chi connectivity index (χ0) is 17.1. The molecule has 0 fully saturated rings. The molecule has 0 radical (unpaired) electrons. The molecule has 0 saturated heterocycles. The standard InChI is InChI=1S/C24H18N2/c1-2-8-17(9-3-1)26-14-13-19-23-16(7-6-12-22(23)26)15-21-24(19)18-10-4-5-11-20(18)25-21/h2,4-15,25H,1,3H2. The summed E-state index contributed by atoms with van der Waals surface area (Å²) in [6.45, 7) is 0. The summed E-state index contributed by atoms with van der Waals surface area (Å²) < 4.78 is 0. The van der Waals surface area contributed by atoms with Crippen LogP contribution in [0.25, 0.3) is 38.7 Å². The molecule has 1 aromatic heterocycles. The first-order valence-corrected chi connectivity index (χ1v) is 9.20. The van der Waals surface area contributed by atoms with E-state index < -0.39 is 0 Å². The lowest BCUT2D eigenvalue weighted by Crippen LogP contribution is -2.17. The van der Waals surface area contributed by atoms with Gasteiger partial charge in [-0.15, -0.1) is 0 Å². The third-order valence-corrected chi connectivity index (χ3v) is 5.55. The van der Waals surface area contributed by atoms with Gasteiger partial charge in [0.1, 0.15) is 0 Å². The topological polar surface area (TPSA) is 19.0 Å². The van der Waals surface area contributed by atoms with Gasteiger partial charge in [-0.25, -0.2) is 0 Å². The number of benzene rings is 3. The third kappa shape index (κ3) is 1.81. The summed E-state index contributed by atoms with van der Waals surface area (Å²) in [5, 5.41) is 5.24. The molecule has 4 aromatic rings. The van der Waals surface area contributed by atoms with Crippen molar-refractivity contribution in [1.29, 1.82) is 0 Å². The van der Waals surface area contributed by atoms with E-state index >= 15 is 0 Å². The van der Waals surface area contributed by atoms with E-state index in [1.165, 1.54) is 49.5 Å². The highest BCUT2D eigenvalue weighted by Crippen LogP contribution is 2.42. The van der Waals surface area contributed by atoms with Gasteiger partial charge in [-0.2, -0.15) is 0 Å². The molecule has 0 saturated carbocycles. The molecule has 0 bridgehead atoms. The molecule has 1 N–H and O–H groups in total. The second-order valence-electron chi connectivity index (χ2n) is 7.05. The molecule has 2 nitrogen and oxygen atoms in total. The molecular formula is C24H18N2. The zero-order valence-electron chi connectivity index (χ0n) is 14.4. The van der Waals surface area contributed by atoms with Crippen molar-refractivity contribution in [2.75, 3.05) is 4.90 Å². The Labute approximate surface area is 151 Å². The smallest absolute Gasteiger partial charge is 0.0540 e. The van der Waals surface area contributed by atoms with Crippen LogP contribution < -0.4 is 4.90 Å². The maximum Gasteiger partial charge on any atom is 0.0540 e. The first kappa shape index (κ1) is 14.0. The van der Waals surface area contributed by atoms with Gasteiger partial charge in [0.05, 0.1) is 5.69 Å². The van der Waals surface area contributed by atoms with Crippen LogP contribution in [0.4, 0.5) is 5.69 Å². The Balaban J connectivity index is 1.73. The van der Waals surface area contributed by atoms with Crippen molar-refractivity contribution in [1.82, 2.24) is 4.98 Å². The number of aromatic nitrogens is 1. The van der Waals surface area contributed by atoms with Crippen molar-refractivity contribution < 1.29 is 0 Å². The van der Waals surface area contributed by atoms with Gasteiger partial charge in [-0.1, -0.05) is 42.5 Å². The van der Waals surface area contributed by atoms with Crippen LogP contribution >= 0.6 is 0 Å². The van der Waals surface area contributed by atoms with Crippen molar-refractivity contribution in [2.45, 2.75) is 12.8 Å². The maximum absolute atomic E-state index is 3.59. The summed E-state index contributed by atoms with van der Waals surface area (Å²) in [4.78, 5) is 5.92. The van der Waals surface area contributed by atoms with Crippen LogP contribution in [0.1, 0.15) is 18.4 Å². The predicted molar refractivity (Wildman–Crippen MR) is 111 cm³/mol. The van der Waals surface area contributed by atoms with E-state index in [4.69, 9.17) is 0 Å². The Morgan fingerprint density at radius 1 is 0.846 bits per heavy atom. The minimum absolute atomic E-state index is 1.11. The average molecular weight is 334 g/mol. The number of H-pyrrole nitrogens is 1. The Morgan fingerprint density at radius 2 is 1.81 bits per heavy atom. The average Bonchev–Trinajstić information content (AvgIpc) is 3.07. The number of aromatic amines is 1. The maximum atomic E-state index is 3.59. The fourth-order valence-corrected chi connectivity index (χ4v) is 4.41. The number of hydrogen-bond donors (Lipinski definition) is 1. The molecule has 1 aliphatic heterocycles. The number of anilines is 1. The van der Waals surface area contributed by atoms with Crippen LogP contribution in [-0.4, -0.2) is 4.98 Å². The first-order valence-electron chi connectivity index (χ1n) is 9.20. The summed E-state index contributed by atoms with van der Waals surface area (Å²) in [6.07, 6.45) is 13.6.